The molecule has 2 rings (SSSR count). The average Bonchev–Trinajstić information content (AvgIpc) is 3.23. The topological polar surface area (TPSA) is 52.9 Å². The number of nitriles is 1. The fraction of sp³-hybridized carbons (Fsp3) is 0.739. The maximum Gasteiger partial charge on any atom is 0.393 e. The van der Waals surface area contributed by atoms with E-state index in [4.69, 9.17) is 0 Å². The summed E-state index contributed by atoms with van der Waals surface area (Å²) in [5.74, 6) is -61.1. The Morgan fingerprint density at radius 2 is 1.27 bits per heavy atom. The molecule has 0 aromatic carbocycles. The van der Waals surface area contributed by atoms with Crippen LogP contribution in [-0.2, 0) is 17.6 Å². The SMILES string of the molecule is CCC(C)(C)C1CCc2c(sc(NC(=O)C(F)(F)C(F)(F)C(F)(F)C(F)(F)C(F)(F)C(F)(F)C(F)(F)C(F)(F)Cl)c2C#N)C1. The molecule has 1 heterocycles. The molecule has 0 fully saturated rings. The number of nitrogens with one attached hydrogen (secondary N) is 1. The highest BCUT2D eigenvalue weighted by atomic mass is 35.5. The third-order valence-electron chi connectivity index (χ3n) is 7.63. The van der Waals surface area contributed by atoms with Gasteiger partial charge < -0.3 is 5.32 Å². The first-order chi connectivity index (χ1) is 19.3. The predicted octanol–water partition coefficient (Wildman–Crippen LogP) is 9.38. The van der Waals surface area contributed by atoms with Crippen molar-refractivity contribution in [3.8, 4) is 6.07 Å². The molecule has 44 heavy (non-hydrogen) atoms. The van der Waals surface area contributed by atoms with Crippen molar-refractivity contribution in [2.24, 2.45) is 11.3 Å². The van der Waals surface area contributed by atoms with Gasteiger partial charge in [-0.25, -0.2) is 0 Å². The van der Waals surface area contributed by atoms with Crippen molar-refractivity contribution in [1.82, 2.24) is 0 Å². The molecule has 252 valence electrons. The third-order valence-corrected chi connectivity index (χ3v) is 9.03. The third kappa shape index (κ3) is 5.26. The van der Waals surface area contributed by atoms with Crippen molar-refractivity contribution in [2.45, 2.75) is 93.3 Å². The Labute approximate surface area is 246 Å². The van der Waals surface area contributed by atoms with Gasteiger partial charge in [0.2, 0.25) is 0 Å². The van der Waals surface area contributed by atoms with E-state index in [1.54, 1.807) is 0 Å². The number of carbonyl (C=O) groups excluding carboxylic acids is 1. The van der Waals surface area contributed by atoms with E-state index in [1.165, 1.54) is 6.07 Å². The minimum absolute atomic E-state index is 0.0881. The number of halogens is 17. The van der Waals surface area contributed by atoms with E-state index in [9.17, 15) is 80.3 Å². The number of nitrogens with zero attached hydrogens (tertiary/aromatic N) is 1. The van der Waals surface area contributed by atoms with Crippen LogP contribution in [0.3, 0.4) is 0 Å². The van der Waals surface area contributed by atoms with Gasteiger partial charge in [-0.1, -0.05) is 27.2 Å². The van der Waals surface area contributed by atoms with E-state index in [2.05, 4.69) is 11.6 Å². The summed E-state index contributed by atoms with van der Waals surface area (Å²) in [5.41, 5.74) is -0.786. The molecule has 0 saturated heterocycles. The molecule has 1 atom stereocenters. The molecule has 1 aliphatic rings. The van der Waals surface area contributed by atoms with Crippen molar-refractivity contribution in [1.29, 1.82) is 5.26 Å². The lowest BCUT2D eigenvalue weighted by Gasteiger charge is -2.42. The molecule has 1 unspecified atom stereocenters. The predicted molar refractivity (Wildman–Crippen MR) is 123 cm³/mol. The number of amides is 1. The molecule has 0 bridgehead atoms. The number of carbonyl (C=O) groups is 1. The Hall–Kier alpha value is -2.17. The standard InChI is InChI=1S/C23H19ClF16N2OS/c1-4-15(2,3)9-5-6-10-11(8-41)13(44-12(10)7-9)42-14(43)16(25,26)17(27,28)18(29,30)19(31,32)20(33,34)21(35,36)22(37,38)23(24,39)40/h9H,4-7H2,1-3H3,(H,42,43). The maximum absolute atomic E-state index is 14.4. The van der Waals surface area contributed by atoms with Crippen LogP contribution >= 0.6 is 22.9 Å². The van der Waals surface area contributed by atoms with Gasteiger partial charge in [-0.3, -0.25) is 4.79 Å². The van der Waals surface area contributed by atoms with Crippen LogP contribution in [0.2, 0.25) is 0 Å². The largest absolute Gasteiger partial charge is 0.393 e. The first kappa shape index (κ1) is 38.0. The number of alkyl halides is 17. The van der Waals surface area contributed by atoms with E-state index in [0.29, 0.717) is 24.2 Å². The van der Waals surface area contributed by atoms with Gasteiger partial charge >= 0.3 is 52.7 Å². The summed E-state index contributed by atoms with van der Waals surface area (Å²) in [6.07, 6.45) is 1.31. The monoisotopic (exact) mass is 710 g/mol. The smallest absolute Gasteiger partial charge is 0.311 e. The maximum atomic E-state index is 14.4. The highest BCUT2D eigenvalue weighted by Crippen LogP contribution is 2.64. The fourth-order valence-corrected chi connectivity index (χ4v) is 5.63. The van der Waals surface area contributed by atoms with Gasteiger partial charge in [0, 0.05) is 4.88 Å². The van der Waals surface area contributed by atoms with Gasteiger partial charge in [-0.2, -0.15) is 75.5 Å². The number of anilines is 1. The second kappa shape index (κ2) is 11.0. The van der Waals surface area contributed by atoms with Crippen molar-refractivity contribution in [3.63, 3.8) is 0 Å². The Morgan fingerprint density at radius 3 is 1.68 bits per heavy atom. The summed E-state index contributed by atoms with van der Waals surface area (Å²) in [4.78, 5) is 12.3. The first-order valence-electron chi connectivity index (χ1n) is 11.9. The van der Waals surface area contributed by atoms with Gasteiger partial charge in [-0.15, -0.1) is 11.3 Å². The normalized spacial score (nSPS) is 18.1. The molecule has 1 aliphatic carbocycles. The van der Waals surface area contributed by atoms with Crippen molar-refractivity contribution >= 4 is 33.8 Å². The highest BCUT2D eigenvalue weighted by molar-refractivity contribution is 7.16. The lowest BCUT2D eigenvalue weighted by molar-refractivity contribution is -0.445. The lowest BCUT2D eigenvalue weighted by atomic mass is 9.69. The summed E-state index contributed by atoms with van der Waals surface area (Å²) < 4.78 is 220. The summed E-state index contributed by atoms with van der Waals surface area (Å²) >= 11 is 3.83. The summed E-state index contributed by atoms with van der Waals surface area (Å²) in [6.45, 7) is 5.57. The Morgan fingerprint density at radius 1 is 0.841 bits per heavy atom. The van der Waals surface area contributed by atoms with Crippen LogP contribution in [-0.4, -0.2) is 52.7 Å². The van der Waals surface area contributed by atoms with Gasteiger partial charge in [0.15, 0.2) is 0 Å². The molecule has 1 N–H and O–H groups in total. The van der Waals surface area contributed by atoms with Crippen LogP contribution < -0.4 is 5.32 Å². The van der Waals surface area contributed by atoms with Crippen molar-refractivity contribution in [2.75, 3.05) is 5.32 Å². The molecular weight excluding hydrogens is 692 g/mol. The fourth-order valence-electron chi connectivity index (χ4n) is 4.24. The van der Waals surface area contributed by atoms with Crippen molar-refractivity contribution in [3.05, 3.63) is 16.0 Å². The van der Waals surface area contributed by atoms with Crippen LogP contribution in [0.1, 0.15) is 49.6 Å². The van der Waals surface area contributed by atoms with Crippen LogP contribution in [0.25, 0.3) is 0 Å². The molecule has 3 nitrogen and oxygen atoms in total. The Bertz CT molecular complexity index is 1310. The number of rotatable bonds is 11. The van der Waals surface area contributed by atoms with E-state index >= 15 is 0 Å². The number of hydrogen-bond acceptors (Lipinski definition) is 3. The van der Waals surface area contributed by atoms with Crippen LogP contribution in [0.15, 0.2) is 0 Å². The van der Waals surface area contributed by atoms with Gasteiger partial charge in [0.1, 0.15) is 11.1 Å². The van der Waals surface area contributed by atoms with Crippen molar-refractivity contribution < 1.29 is 75.0 Å². The number of thiophene rings is 1. The number of fused-ring (bicyclic) bond motifs is 1. The summed E-state index contributed by atoms with van der Waals surface area (Å²) in [7, 11) is 0. The molecule has 1 aromatic heterocycles. The molecule has 0 spiro atoms. The highest BCUT2D eigenvalue weighted by Gasteiger charge is 2.95. The van der Waals surface area contributed by atoms with E-state index in [-0.39, 0.29) is 34.6 Å². The van der Waals surface area contributed by atoms with E-state index < -0.39 is 63.3 Å². The second-order valence-electron chi connectivity index (χ2n) is 10.6. The van der Waals surface area contributed by atoms with Gasteiger partial charge in [-0.05, 0) is 47.8 Å². The molecular formula is C23H19ClF16N2OS. The molecule has 0 radical (unpaired) electrons. The van der Waals surface area contributed by atoms with Gasteiger partial charge in [0.25, 0.3) is 0 Å². The Balaban J connectivity index is 2.53. The zero-order chi connectivity index (χ0) is 34.9. The molecule has 0 aliphatic heterocycles. The van der Waals surface area contributed by atoms with Gasteiger partial charge in [0.05, 0.1) is 5.56 Å². The molecule has 1 amide bonds. The molecule has 1 aromatic rings. The summed E-state index contributed by atoms with van der Waals surface area (Å²) in [5, 5.41) is 2.50. The summed E-state index contributed by atoms with van der Waals surface area (Å²) in [6, 6.07) is 1.45. The number of hydrogen-bond donors (Lipinski definition) is 1. The first-order valence-corrected chi connectivity index (χ1v) is 13.1. The lowest BCUT2D eigenvalue weighted by Crippen LogP contribution is -2.75. The molecule has 21 heteroatoms. The van der Waals surface area contributed by atoms with Crippen LogP contribution in [0.4, 0.5) is 75.2 Å². The van der Waals surface area contributed by atoms with E-state index in [0.717, 1.165) is 5.32 Å². The minimum atomic E-state index is -8.68. The zero-order valence-corrected chi connectivity index (χ0v) is 23.7. The Kier molecular flexibility index (Phi) is 9.48. The second-order valence-corrected chi connectivity index (χ2v) is 12.2. The average molecular weight is 711 g/mol. The molecule has 0 saturated carbocycles. The van der Waals surface area contributed by atoms with Crippen LogP contribution in [0, 0.1) is 22.7 Å². The van der Waals surface area contributed by atoms with Crippen LogP contribution in [0.5, 0.6) is 0 Å². The zero-order valence-electron chi connectivity index (χ0n) is 22.1. The van der Waals surface area contributed by atoms with E-state index in [1.807, 2.05) is 20.8 Å². The quantitative estimate of drug-likeness (QED) is 0.184. The minimum Gasteiger partial charge on any atom is -0.311 e.